The van der Waals surface area contributed by atoms with Crippen molar-refractivity contribution in [2.24, 2.45) is 7.05 Å². The molecule has 0 amide bonds. The van der Waals surface area contributed by atoms with Crippen LogP contribution in [0.15, 0.2) is 6.33 Å². The molecule has 1 aliphatic rings. The molecule has 0 saturated heterocycles. The van der Waals surface area contributed by atoms with Gasteiger partial charge in [-0.05, 0) is 19.3 Å². The Morgan fingerprint density at radius 3 is 2.75 bits per heavy atom. The summed E-state index contributed by atoms with van der Waals surface area (Å²) in [6, 6.07) is 0. The second-order valence-corrected chi connectivity index (χ2v) is 3.80. The molecule has 1 saturated carbocycles. The van der Waals surface area contributed by atoms with Gasteiger partial charge in [-0.3, -0.25) is 0 Å². The highest BCUT2D eigenvalue weighted by molar-refractivity contribution is 5.17. The summed E-state index contributed by atoms with van der Waals surface area (Å²) in [5.41, 5.74) is 0.403. The van der Waals surface area contributed by atoms with Crippen molar-refractivity contribution in [1.29, 1.82) is 0 Å². The van der Waals surface area contributed by atoms with Crippen molar-refractivity contribution < 1.29 is 0 Å². The molecular formula is C9H15N3. The molecule has 0 aromatic carbocycles. The van der Waals surface area contributed by atoms with Crippen LogP contribution in [0.5, 0.6) is 0 Å². The SMILES string of the molecule is CCCC1(c2nncn2C)CC1. The predicted octanol–water partition coefficient (Wildman–Crippen LogP) is 1.65. The van der Waals surface area contributed by atoms with Crippen molar-refractivity contribution in [3.8, 4) is 0 Å². The van der Waals surface area contributed by atoms with E-state index in [1.807, 2.05) is 7.05 Å². The summed E-state index contributed by atoms with van der Waals surface area (Å²) in [5, 5.41) is 8.10. The van der Waals surface area contributed by atoms with Gasteiger partial charge in [0.1, 0.15) is 12.2 Å². The molecule has 3 nitrogen and oxygen atoms in total. The Morgan fingerprint density at radius 1 is 1.58 bits per heavy atom. The average molecular weight is 165 g/mol. The lowest BCUT2D eigenvalue weighted by atomic mass is 10.00. The third-order valence-corrected chi connectivity index (χ3v) is 2.77. The average Bonchev–Trinajstić information content (AvgIpc) is 2.68. The minimum Gasteiger partial charge on any atom is -0.320 e. The molecule has 1 heterocycles. The number of nitrogens with zero attached hydrogens (tertiary/aromatic N) is 3. The van der Waals surface area contributed by atoms with Gasteiger partial charge in [0.2, 0.25) is 0 Å². The van der Waals surface area contributed by atoms with E-state index in [4.69, 9.17) is 0 Å². The number of aromatic nitrogens is 3. The van der Waals surface area contributed by atoms with E-state index in [9.17, 15) is 0 Å². The molecule has 1 aliphatic carbocycles. The molecule has 0 atom stereocenters. The van der Waals surface area contributed by atoms with Crippen molar-refractivity contribution in [2.75, 3.05) is 0 Å². The molecule has 0 unspecified atom stereocenters. The van der Waals surface area contributed by atoms with E-state index < -0.39 is 0 Å². The van der Waals surface area contributed by atoms with Gasteiger partial charge in [0.25, 0.3) is 0 Å². The number of rotatable bonds is 3. The first-order valence-corrected chi connectivity index (χ1v) is 4.63. The first kappa shape index (κ1) is 7.77. The summed E-state index contributed by atoms with van der Waals surface area (Å²) in [5.74, 6) is 1.18. The van der Waals surface area contributed by atoms with Gasteiger partial charge < -0.3 is 4.57 Å². The zero-order valence-corrected chi connectivity index (χ0v) is 7.75. The molecule has 0 bridgehead atoms. The van der Waals surface area contributed by atoms with Crippen LogP contribution in [-0.2, 0) is 12.5 Å². The van der Waals surface area contributed by atoms with E-state index in [0.29, 0.717) is 5.41 Å². The van der Waals surface area contributed by atoms with Gasteiger partial charge in [0.15, 0.2) is 0 Å². The molecule has 2 rings (SSSR count). The van der Waals surface area contributed by atoms with E-state index in [1.165, 1.54) is 31.5 Å². The summed E-state index contributed by atoms with van der Waals surface area (Å²) in [6.45, 7) is 2.23. The summed E-state index contributed by atoms with van der Waals surface area (Å²) >= 11 is 0. The molecule has 0 N–H and O–H groups in total. The Hall–Kier alpha value is -0.860. The van der Waals surface area contributed by atoms with Gasteiger partial charge in [-0.2, -0.15) is 0 Å². The van der Waals surface area contributed by atoms with E-state index in [0.717, 1.165) is 0 Å². The van der Waals surface area contributed by atoms with Gasteiger partial charge in [-0.25, -0.2) is 0 Å². The maximum Gasteiger partial charge on any atom is 0.138 e. The molecule has 1 aromatic heterocycles. The fourth-order valence-corrected chi connectivity index (χ4v) is 1.98. The standard InChI is InChI=1S/C9H15N3/c1-3-4-9(5-6-9)8-11-10-7-12(8)2/h7H,3-6H2,1-2H3. The Kier molecular flexibility index (Phi) is 1.67. The number of aryl methyl sites for hydroxylation is 1. The summed E-state index contributed by atoms with van der Waals surface area (Å²) in [6.07, 6.45) is 6.90. The zero-order chi connectivity index (χ0) is 8.60. The van der Waals surface area contributed by atoms with Crippen molar-refractivity contribution in [1.82, 2.24) is 14.8 Å². The van der Waals surface area contributed by atoms with Crippen molar-refractivity contribution >= 4 is 0 Å². The largest absolute Gasteiger partial charge is 0.320 e. The number of hydrogen-bond donors (Lipinski definition) is 0. The Morgan fingerprint density at radius 2 is 2.33 bits per heavy atom. The van der Waals surface area contributed by atoms with Crippen LogP contribution in [-0.4, -0.2) is 14.8 Å². The second-order valence-electron chi connectivity index (χ2n) is 3.80. The highest BCUT2D eigenvalue weighted by atomic mass is 15.3. The molecule has 12 heavy (non-hydrogen) atoms. The minimum atomic E-state index is 0.403. The first-order chi connectivity index (χ1) is 5.78. The Bertz CT molecular complexity index is 273. The molecule has 0 spiro atoms. The third-order valence-electron chi connectivity index (χ3n) is 2.77. The Balaban J connectivity index is 2.24. The van der Waals surface area contributed by atoms with Crippen LogP contribution in [0.4, 0.5) is 0 Å². The van der Waals surface area contributed by atoms with Gasteiger partial charge >= 0.3 is 0 Å². The lowest BCUT2D eigenvalue weighted by molar-refractivity contribution is 0.547. The third kappa shape index (κ3) is 1.04. The minimum absolute atomic E-state index is 0.403. The van der Waals surface area contributed by atoms with Crippen LogP contribution in [0.3, 0.4) is 0 Å². The van der Waals surface area contributed by atoms with Gasteiger partial charge in [-0.1, -0.05) is 13.3 Å². The molecule has 3 heteroatoms. The molecule has 1 aromatic rings. The fraction of sp³-hybridized carbons (Fsp3) is 0.778. The molecule has 0 aliphatic heterocycles. The van der Waals surface area contributed by atoms with Gasteiger partial charge in [0.05, 0.1) is 0 Å². The quantitative estimate of drug-likeness (QED) is 0.681. The summed E-state index contributed by atoms with van der Waals surface area (Å²) in [7, 11) is 2.03. The van der Waals surface area contributed by atoms with Crippen LogP contribution in [0.1, 0.15) is 38.4 Å². The van der Waals surface area contributed by atoms with Crippen molar-refractivity contribution in [3.05, 3.63) is 12.2 Å². The lowest BCUT2D eigenvalue weighted by Crippen LogP contribution is -2.12. The molecular weight excluding hydrogens is 150 g/mol. The fourth-order valence-electron chi connectivity index (χ4n) is 1.98. The van der Waals surface area contributed by atoms with Gasteiger partial charge in [0, 0.05) is 12.5 Å². The van der Waals surface area contributed by atoms with E-state index in [2.05, 4.69) is 21.7 Å². The van der Waals surface area contributed by atoms with E-state index >= 15 is 0 Å². The Labute approximate surface area is 72.8 Å². The zero-order valence-electron chi connectivity index (χ0n) is 7.75. The highest BCUT2D eigenvalue weighted by Gasteiger charge is 2.46. The van der Waals surface area contributed by atoms with Crippen molar-refractivity contribution in [2.45, 2.75) is 38.0 Å². The van der Waals surface area contributed by atoms with Crippen LogP contribution >= 0.6 is 0 Å². The molecule has 66 valence electrons. The maximum absolute atomic E-state index is 4.18. The smallest absolute Gasteiger partial charge is 0.138 e. The number of hydrogen-bond acceptors (Lipinski definition) is 2. The predicted molar refractivity (Wildman–Crippen MR) is 46.8 cm³/mol. The first-order valence-electron chi connectivity index (χ1n) is 4.63. The van der Waals surface area contributed by atoms with E-state index in [1.54, 1.807) is 6.33 Å². The van der Waals surface area contributed by atoms with Crippen LogP contribution in [0.25, 0.3) is 0 Å². The lowest BCUT2D eigenvalue weighted by Gasteiger charge is -2.11. The van der Waals surface area contributed by atoms with Crippen LogP contribution in [0.2, 0.25) is 0 Å². The molecule has 1 fully saturated rings. The van der Waals surface area contributed by atoms with Crippen LogP contribution in [0, 0.1) is 0 Å². The highest BCUT2D eigenvalue weighted by Crippen LogP contribution is 2.50. The van der Waals surface area contributed by atoms with E-state index in [-0.39, 0.29) is 0 Å². The monoisotopic (exact) mass is 165 g/mol. The van der Waals surface area contributed by atoms with Crippen molar-refractivity contribution in [3.63, 3.8) is 0 Å². The van der Waals surface area contributed by atoms with Gasteiger partial charge in [-0.15, -0.1) is 10.2 Å². The second kappa shape index (κ2) is 2.57. The molecule has 0 radical (unpaired) electrons. The topological polar surface area (TPSA) is 30.7 Å². The summed E-state index contributed by atoms with van der Waals surface area (Å²) < 4.78 is 2.06. The van der Waals surface area contributed by atoms with Crippen LogP contribution < -0.4 is 0 Å². The maximum atomic E-state index is 4.18. The summed E-state index contributed by atoms with van der Waals surface area (Å²) in [4.78, 5) is 0. The normalized spacial score (nSPS) is 19.5.